The summed E-state index contributed by atoms with van der Waals surface area (Å²) in [4.78, 5) is 19.4. The Balaban J connectivity index is 1.69. The molecule has 0 unspecified atom stereocenters. The third-order valence-corrected chi connectivity index (χ3v) is 5.85. The number of phenols is 1. The maximum Gasteiger partial charge on any atom is 0.273 e. The average molecular weight is 442 g/mol. The van der Waals surface area contributed by atoms with Crippen LogP contribution < -0.4 is 9.47 Å². The first-order valence-corrected chi connectivity index (χ1v) is 10.4. The van der Waals surface area contributed by atoms with Gasteiger partial charge < -0.3 is 19.5 Å². The summed E-state index contributed by atoms with van der Waals surface area (Å²) in [5.74, 6) is 1.08. The van der Waals surface area contributed by atoms with Crippen molar-refractivity contribution in [2.24, 2.45) is 0 Å². The van der Waals surface area contributed by atoms with E-state index in [-0.39, 0.29) is 11.7 Å². The van der Waals surface area contributed by atoms with Crippen molar-refractivity contribution in [3.8, 4) is 28.5 Å². The molecule has 2 N–H and O–H groups in total. The quantitative estimate of drug-likeness (QED) is 0.469. The molecule has 0 aliphatic carbocycles. The highest BCUT2D eigenvalue weighted by molar-refractivity contribution is 6.00. The normalized spacial score (nSPS) is 14.9. The number of benzene rings is 2. The number of phenolic OH excluding ortho intramolecular Hbond substituents is 1. The van der Waals surface area contributed by atoms with E-state index in [0.717, 1.165) is 11.1 Å². The molecule has 0 spiro atoms. The van der Waals surface area contributed by atoms with Crippen LogP contribution in [0.4, 0.5) is 0 Å². The summed E-state index contributed by atoms with van der Waals surface area (Å²) < 4.78 is 10.9. The van der Waals surface area contributed by atoms with E-state index in [1.807, 2.05) is 36.4 Å². The SMILES string of the molecule is COc1ccc([C@H]2c3c(-c4ccccc4O)n[nH]c3C(=O)N2Cc2ccncc2)cc1OC. The van der Waals surface area contributed by atoms with Crippen LogP contribution in [0.1, 0.15) is 33.2 Å². The Labute approximate surface area is 190 Å². The first-order valence-electron chi connectivity index (χ1n) is 10.4. The zero-order valence-corrected chi connectivity index (χ0v) is 18.1. The first-order chi connectivity index (χ1) is 16.1. The van der Waals surface area contributed by atoms with Gasteiger partial charge in [0.25, 0.3) is 5.91 Å². The lowest BCUT2D eigenvalue weighted by Crippen LogP contribution is -2.29. The number of fused-ring (bicyclic) bond motifs is 1. The number of carbonyl (C=O) groups is 1. The number of para-hydroxylation sites is 1. The molecule has 5 rings (SSSR count). The van der Waals surface area contributed by atoms with Crippen molar-refractivity contribution in [2.75, 3.05) is 14.2 Å². The van der Waals surface area contributed by atoms with E-state index in [0.29, 0.717) is 40.6 Å². The third-order valence-electron chi connectivity index (χ3n) is 5.85. The molecule has 1 aliphatic heterocycles. The minimum absolute atomic E-state index is 0.0953. The van der Waals surface area contributed by atoms with Crippen molar-refractivity contribution in [3.05, 3.63) is 89.4 Å². The third kappa shape index (κ3) is 3.45. The monoisotopic (exact) mass is 442 g/mol. The number of nitrogens with zero attached hydrogens (tertiary/aromatic N) is 3. The smallest absolute Gasteiger partial charge is 0.273 e. The second-order valence-corrected chi connectivity index (χ2v) is 7.68. The number of pyridine rings is 1. The summed E-state index contributed by atoms with van der Waals surface area (Å²) in [6.07, 6.45) is 3.41. The highest BCUT2D eigenvalue weighted by Gasteiger charge is 2.42. The number of hydrogen-bond acceptors (Lipinski definition) is 6. The average Bonchev–Trinajstić information content (AvgIpc) is 3.39. The lowest BCUT2D eigenvalue weighted by Gasteiger charge is -2.27. The minimum atomic E-state index is -0.450. The number of rotatable bonds is 6. The molecule has 2 aromatic carbocycles. The van der Waals surface area contributed by atoms with Gasteiger partial charge in [0.1, 0.15) is 17.1 Å². The van der Waals surface area contributed by atoms with Crippen LogP contribution in [0, 0.1) is 0 Å². The maximum absolute atomic E-state index is 13.5. The van der Waals surface area contributed by atoms with Gasteiger partial charge in [-0.1, -0.05) is 18.2 Å². The molecule has 0 saturated carbocycles. The summed E-state index contributed by atoms with van der Waals surface area (Å²) in [6.45, 7) is 0.378. The molecule has 0 bridgehead atoms. The number of amides is 1. The van der Waals surface area contributed by atoms with Gasteiger partial charge in [-0.15, -0.1) is 0 Å². The van der Waals surface area contributed by atoms with Crippen LogP contribution >= 0.6 is 0 Å². The first kappa shape index (κ1) is 20.6. The molecule has 2 aromatic heterocycles. The summed E-state index contributed by atoms with van der Waals surface area (Å²) in [5.41, 5.74) is 4.00. The summed E-state index contributed by atoms with van der Waals surface area (Å²) in [7, 11) is 3.16. The van der Waals surface area contributed by atoms with Gasteiger partial charge in [0.2, 0.25) is 0 Å². The highest BCUT2D eigenvalue weighted by Crippen LogP contribution is 2.46. The van der Waals surface area contributed by atoms with Crippen LogP contribution in [0.3, 0.4) is 0 Å². The van der Waals surface area contributed by atoms with E-state index in [1.54, 1.807) is 49.7 Å². The Kier molecular flexibility index (Phi) is 5.18. The van der Waals surface area contributed by atoms with Crippen molar-refractivity contribution in [1.29, 1.82) is 0 Å². The largest absolute Gasteiger partial charge is 0.507 e. The molecule has 0 radical (unpaired) electrons. The topological polar surface area (TPSA) is 101 Å². The number of H-pyrrole nitrogens is 1. The maximum atomic E-state index is 13.5. The predicted octanol–water partition coefficient (Wildman–Crippen LogP) is 3.94. The zero-order chi connectivity index (χ0) is 22.9. The van der Waals surface area contributed by atoms with Gasteiger partial charge in [-0.25, -0.2) is 0 Å². The summed E-state index contributed by atoms with van der Waals surface area (Å²) in [6, 6.07) is 15.9. The minimum Gasteiger partial charge on any atom is -0.507 e. The fraction of sp³-hybridized carbons (Fsp3) is 0.160. The number of aromatic amines is 1. The summed E-state index contributed by atoms with van der Waals surface area (Å²) >= 11 is 0. The van der Waals surface area contributed by atoms with E-state index in [9.17, 15) is 9.90 Å². The fourth-order valence-electron chi connectivity index (χ4n) is 4.29. The zero-order valence-electron chi connectivity index (χ0n) is 18.1. The second-order valence-electron chi connectivity index (χ2n) is 7.68. The van der Waals surface area contributed by atoms with Crippen LogP contribution in [0.2, 0.25) is 0 Å². The van der Waals surface area contributed by atoms with Gasteiger partial charge in [-0.2, -0.15) is 5.10 Å². The lowest BCUT2D eigenvalue weighted by atomic mass is 9.95. The number of aromatic hydroxyl groups is 1. The fourth-order valence-corrected chi connectivity index (χ4v) is 4.29. The molecule has 1 atom stereocenters. The van der Waals surface area contributed by atoms with Crippen molar-refractivity contribution in [1.82, 2.24) is 20.1 Å². The number of nitrogens with one attached hydrogen (secondary N) is 1. The molecule has 8 heteroatoms. The molecule has 33 heavy (non-hydrogen) atoms. The second kappa shape index (κ2) is 8.31. The number of aromatic nitrogens is 3. The van der Waals surface area contributed by atoms with Gasteiger partial charge in [-0.3, -0.25) is 14.9 Å². The van der Waals surface area contributed by atoms with Crippen molar-refractivity contribution >= 4 is 5.91 Å². The Bertz CT molecular complexity index is 1320. The molecule has 8 nitrogen and oxygen atoms in total. The van der Waals surface area contributed by atoms with Gasteiger partial charge in [0.15, 0.2) is 11.5 Å². The summed E-state index contributed by atoms with van der Waals surface area (Å²) in [5, 5.41) is 17.8. The Morgan fingerprint density at radius 3 is 2.52 bits per heavy atom. The van der Waals surface area contributed by atoms with E-state index < -0.39 is 6.04 Å². The molecule has 4 aromatic rings. The molecule has 1 amide bonds. The van der Waals surface area contributed by atoms with Crippen molar-refractivity contribution < 1.29 is 19.4 Å². The molecule has 1 aliphatic rings. The lowest BCUT2D eigenvalue weighted by molar-refractivity contribution is 0.0730. The molecular weight excluding hydrogens is 420 g/mol. The van der Waals surface area contributed by atoms with Crippen LogP contribution in [0.25, 0.3) is 11.3 Å². The van der Waals surface area contributed by atoms with E-state index >= 15 is 0 Å². The number of methoxy groups -OCH3 is 2. The van der Waals surface area contributed by atoms with Gasteiger partial charge in [0.05, 0.1) is 20.3 Å². The molecular formula is C25H22N4O4. The molecule has 3 heterocycles. The van der Waals surface area contributed by atoms with Gasteiger partial charge in [-0.05, 0) is 47.5 Å². The Morgan fingerprint density at radius 1 is 1.03 bits per heavy atom. The molecule has 0 fully saturated rings. The standard InChI is InChI=1S/C25H22N4O4/c1-32-19-8-7-16(13-20(19)33-2)24-21-22(17-5-3-4-6-18(17)30)27-28-23(21)25(31)29(24)14-15-9-11-26-12-10-15/h3-13,24,30H,14H2,1-2H3,(H,27,28)/t24-/m0/s1. The van der Waals surface area contributed by atoms with Crippen LogP contribution in [0.15, 0.2) is 67.0 Å². The van der Waals surface area contributed by atoms with Crippen LogP contribution in [0.5, 0.6) is 17.2 Å². The van der Waals surface area contributed by atoms with Crippen LogP contribution in [-0.4, -0.2) is 45.3 Å². The van der Waals surface area contributed by atoms with Gasteiger partial charge >= 0.3 is 0 Å². The highest BCUT2D eigenvalue weighted by atomic mass is 16.5. The Hall–Kier alpha value is -4.33. The molecule has 166 valence electrons. The van der Waals surface area contributed by atoms with E-state index in [1.165, 1.54) is 0 Å². The predicted molar refractivity (Wildman–Crippen MR) is 121 cm³/mol. The van der Waals surface area contributed by atoms with Crippen molar-refractivity contribution in [2.45, 2.75) is 12.6 Å². The number of ether oxygens (including phenoxy) is 2. The molecule has 0 saturated heterocycles. The number of hydrogen-bond donors (Lipinski definition) is 2. The van der Waals surface area contributed by atoms with Crippen molar-refractivity contribution in [3.63, 3.8) is 0 Å². The van der Waals surface area contributed by atoms with Gasteiger partial charge in [0, 0.05) is 30.1 Å². The Morgan fingerprint density at radius 2 is 1.79 bits per heavy atom. The van der Waals surface area contributed by atoms with Crippen LogP contribution in [-0.2, 0) is 6.54 Å². The van der Waals surface area contributed by atoms with E-state index in [2.05, 4.69) is 15.2 Å². The number of carbonyl (C=O) groups excluding carboxylic acids is 1. The van der Waals surface area contributed by atoms with E-state index in [4.69, 9.17) is 9.47 Å².